The second-order valence-electron chi connectivity index (χ2n) is 27.9. The Balaban J connectivity index is 0.000000332. The standard InChI is InChI=1S/C25H35N7O5.C23H33N7O4.C20H27N7O3.C2H3ClO.2CH2Cl2/c1-16(33)29-19-9-5-18(6-10-19)14-27-23-28-15-21(32(35)36)22(31-23)26-13-17-7-11-20(12-8-17)30-24(34)37-25(2,3)4;1-23(2,3)34-22(31)28-18-10-6-16(7-11-18)12-25-20-19(30(32)33)14-27-21(29-20)26-13-15-4-8-17(24)9-5-15;1-13(28)25-17-8-4-15(5-9-17)11-23-20-24-12-18(27(29)30)19(26-20)22-10-14-2-6-16(21)7-3-14;1-2(3)4;2*2-1-3/h5-6,9-10,15,17,20H,7-8,11-14H2,1-4H3,(H,29,33)(H,30,34)(H2,26,27,28,31);4-5,8-9,14,16,18H,6-7,10-13,24H2,1-3H3,(H,28,31)(H2,25,26,27,29);4-5,8-9,12,14,16H,2-3,6-7,10-11,21H2,1H3,(H,25,28)(H2,22,23,24,26);1H3;2*1H2. The fourth-order valence-corrected chi connectivity index (χ4v) is 11.3. The molecule has 4 amide bonds. The number of hydrogen-bond acceptors (Lipinski definition) is 27. The van der Waals surface area contributed by atoms with Gasteiger partial charge in [-0.15, -0.1) is 46.4 Å². The summed E-state index contributed by atoms with van der Waals surface area (Å²) in [5, 5.41) is 64.2. The summed E-state index contributed by atoms with van der Waals surface area (Å²) in [4.78, 5) is 113. The van der Waals surface area contributed by atoms with Gasteiger partial charge in [0.05, 0.1) is 25.4 Å². The zero-order valence-electron chi connectivity index (χ0n) is 63.6. The molecule has 3 aliphatic rings. The molecule has 0 unspecified atom stereocenters. The van der Waals surface area contributed by atoms with E-state index in [9.17, 15) is 54.3 Å². The molecule has 0 aliphatic heterocycles. The molecule has 0 saturated heterocycles. The maximum atomic E-state index is 12.0. The number of halogens is 5. The van der Waals surface area contributed by atoms with Crippen LogP contribution in [0.2, 0.25) is 0 Å². The van der Waals surface area contributed by atoms with Crippen LogP contribution in [0.1, 0.15) is 156 Å². The van der Waals surface area contributed by atoms with Gasteiger partial charge in [0.15, 0.2) is 0 Å². The summed E-state index contributed by atoms with van der Waals surface area (Å²) in [7, 11) is 0. The van der Waals surface area contributed by atoms with Crippen LogP contribution in [0.4, 0.5) is 79.0 Å². The van der Waals surface area contributed by atoms with E-state index in [0.717, 1.165) is 93.7 Å². The van der Waals surface area contributed by atoms with E-state index in [2.05, 4.69) is 94.7 Å². The number of nitrogen functional groups attached to an aromatic ring is 1. The van der Waals surface area contributed by atoms with Gasteiger partial charge in [0.25, 0.3) is 0 Å². The number of ether oxygens (including phenoxy) is 2. The van der Waals surface area contributed by atoms with Gasteiger partial charge in [-0.05, 0) is 201 Å². The fraction of sp³-hybridized carbons (Fsp3) is 0.514. The van der Waals surface area contributed by atoms with E-state index in [1.807, 2.05) is 77.9 Å². The maximum absolute atomic E-state index is 12.0. The minimum Gasteiger partial charge on any atom is -0.444 e. The van der Waals surface area contributed by atoms with Crippen LogP contribution in [0.5, 0.6) is 0 Å². The first-order valence-corrected chi connectivity index (χ1v) is 38.2. The number of nitrogens with two attached hydrogens (primary N) is 2. The number of nitrogens with one attached hydrogen (secondary N) is 10. The van der Waals surface area contributed by atoms with Crippen molar-refractivity contribution in [2.24, 2.45) is 23.5 Å². The SMILES string of the molecule is CC(=O)Cl.CC(=O)Nc1ccc(CNc2ncc([N+](=O)[O-])c(NCC3CCC(N)CC3)n2)cc1.CC(=O)Nc1ccc(CNc2ncc([N+](=O)[O-])c(NCC3CCC(NC(=O)OC(C)(C)C)CC3)n2)cc1.CC(C)(C)OC(=O)NC1CCC(CNc2nc(NCc3ccc(N)cc3)ncc2[N+](=O)[O-])CC1.ClCCl.ClCCl. The molecule has 3 saturated carbocycles. The molecule has 3 aliphatic carbocycles. The van der Waals surface area contributed by atoms with E-state index in [-0.39, 0.29) is 86.3 Å². The lowest BCUT2D eigenvalue weighted by atomic mass is 9.86. The minimum absolute atomic E-state index is 0.0580. The van der Waals surface area contributed by atoms with Crippen LogP contribution < -0.4 is 64.6 Å². The van der Waals surface area contributed by atoms with Crippen LogP contribution in [-0.4, -0.2) is 134 Å². The number of nitro groups is 3. The highest BCUT2D eigenvalue weighted by Gasteiger charge is 2.29. The summed E-state index contributed by atoms with van der Waals surface area (Å²) < 4.78 is 10.6. The van der Waals surface area contributed by atoms with E-state index in [4.69, 9.17) is 67.3 Å². The molecule has 14 N–H and O–H groups in total. The number of carbonyl (C=O) groups excluding carboxylic acids is 5. The number of benzene rings is 3. The molecule has 3 aromatic carbocycles. The van der Waals surface area contributed by atoms with E-state index in [1.165, 1.54) is 39.4 Å². The lowest BCUT2D eigenvalue weighted by molar-refractivity contribution is -0.384. The highest BCUT2D eigenvalue weighted by atomic mass is 35.5. The lowest BCUT2D eigenvalue weighted by Crippen LogP contribution is -2.41. The number of alkyl carbamates (subject to hydrolysis) is 2. The van der Waals surface area contributed by atoms with Gasteiger partial charge in [-0.3, -0.25) is 44.7 Å². The average Bonchev–Trinajstić information content (AvgIpc) is 0.847. The molecular formula is C72H102Cl5N21O13. The number of amides is 4. The molecule has 0 radical (unpaired) electrons. The van der Waals surface area contributed by atoms with E-state index in [1.54, 1.807) is 36.4 Å². The Morgan fingerprint density at radius 3 is 0.973 bits per heavy atom. The van der Waals surface area contributed by atoms with Gasteiger partial charge in [-0.1, -0.05) is 36.4 Å². The Hall–Kier alpha value is -9.74. The predicted octanol–water partition coefficient (Wildman–Crippen LogP) is 15.0. The molecule has 608 valence electrons. The van der Waals surface area contributed by atoms with Gasteiger partial charge in [0, 0.05) is 95.2 Å². The summed E-state index contributed by atoms with van der Waals surface area (Å²) in [6.07, 6.45) is 13.6. The highest BCUT2D eigenvalue weighted by molar-refractivity contribution is 6.62. The van der Waals surface area contributed by atoms with E-state index >= 15 is 0 Å². The maximum Gasteiger partial charge on any atom is 0.407 e. The van der Waals surface area contributed by atoms with Gasteiger partial charge in [-0.2, -0.15) is 15.0 Å². The van der Waals surface area contributed by atoms with Crippen LogP contribution in [0.3, 0.4) is 0 Å². The van der Waals surface area contributed by atoms with Crippen LogP contribution in [-0.2, 0) is 43.5 Å². The Bertz CT molecular complexity index is 3900. The van der Waals surface area contributed by atoms with Crippen molar-refractivity contribution in [3.8, 4) is 0 Å². The molecular weight excluding hydrogens is 1540 g/mol. The molecule has 34 nitrogen and oxygen atoms in total. The zero-order chi connectivity index (χ0) is 82.2. The normalized spacial score (nSPS) is 16.9. The molecule has 0 bridgehead atoms. The quantitative estimate of drug-likeness (QED) is 0.00832. The number of nitrogens with zero attached hydrogens (tertiary/aromatic N) is 9. The first-order chi connectivity index (χ1) is 52.5. The average molecular weight is 1650 g/mol. The Morgan fingerprint density at radius 2 is 0.721 bits per heavy atom. The molecule has 9 rings (SSSR count). The molecule has 39 heteroatoms. The second kappa shape index (κ2) is 48.8. The van der Waals surface area contributed by atoms with Crippen molar-refractivity contribution in [1.29, 1.82) is 0 Å². The Morgan fingerprint density at radius 1 is 0.459 bits per heavy atom. The van der Waals surface area contributed by atoms with Crippen LogP contribution in [0, 0.1) is 48.1 Å². The Labute approximate surface area is 670 Å². The molecule has 3 heterocycles. The van der Waals surface area contributed by atoms with Crippen molar-refractivity contribution in [1.82, 2.24) is 40.5 Å². The number of alkyl halides is 4. The van der Waals surface area contributed by atoms with E-state index in [0.29, 0.717) is 86.0 Å². The zero-order valence-corrected chi connectivity index (χ0v) is 67.4. The van der Waals surface area contributed by atoms with Crippen molar-refractivity contribution in [2.45, 2.75) is 188 Å². The summed E-state index contributed by atoms with van der Waals surface area (Å²) in [6.45, 7) is 18.2. The largest absolute Gasteiger partial charge is 0.444 e. The van der Waals surface area contributed by atoms with Crippen molar-refractivity contribution in [3.63, 3.8) is 0 Å². The molecule has 3 aromatic heterocycles. The van der Waals surface area contributed by atoms with Gasteiger partial charge in [0.2, 0.25) is 52.4 Å². The first kappa shape index (κ1) is 93.6. The fourth-order valence-electron chi connectivity index (χ4n) is 11.3. The minimum atomic E-state index is -0.538. The van der Waals surface area contributed by atoms with Crippen molar-refractivity contribution < 1.29 is 48.2 Å². The van der Waals surface area contributed by atoms with Crippen molar-refractivity contribution in [2.75, 3.05) is 78.6 Å². The highest BCUT2D eigenvalue weighted by Crippen LogP contribution is 2.32. The predicted molar refractivity (Wildman–Crippen MR) is 436 cm³/mol. The summed E-state index contributed by atoms with van der Waals surface area (Å²) in [5.41, 5.74) is 15.0. The van der Waals surface area contributed by atoms with Crippen LogP contribution in [0.25, 0.3) is 0 Å². The smallest absolute Gasteiger partial charge is 0.407 e. The number of anilines is 9. The summed E-state index contributed by atoms with van der Waals surface area (Å²) in [5.74, 6) is 2.21. The number of carbonyl (C=O) groups is 5. The number of rotatable bonds is 25. The van der Waals surface area contributed by atoms with E-state index < -0.39 is 38.2 Å². The molecule has 0 atom stereocenters. The monoisotopic (exact) mass is 1640 g/mol. The van der Waals surface area contributed by atoms with Gasteiger partial charge in [0.1, 0.15) is 29.8 Å². The number of aromatic nitrogens is 6. The second-order valence-corrected chi connectivity index (χ2v) is 30.1. The third-order valence-corrected chi connectivity index (χ3v) is 16.5. The molecule has 111 heavy (non-hydrogen) atoms. The third kappa shape index (κ3) is 39.1. The van der Waals surface area contributed by atoms with Gasteiger partial charge >= 0.3 is 29.2 Å². The van der Waals surface area contributed by atoms with Gasteiger partial charge in [-0.25, -0.2) is 24.5 Å². The van der Waals surface area contributed by atoms with Gasteiger partial charge < -0.3 is 74.1 Å². The third-order valence-electron chi connectivity index (χ3n) is 16.5. The van der Waals surface area contributed by atoms with Crippen LogP contribution in [0.15, 0.2) is 91.4 Å². The Kier molecular flexibility index (Phi) is 41.2. The molecule has 0 spiro atoms. The topological polar surface area (TPSA) is 483 Å². The first-order valence-electron chi connectivity index (χ1n) is 35.7. The molecule has 6 aromatic rings. The number of hydrogen-bond donors (Lipinski definition) is 12. The van der Waals surface area contributed by atoms with Crippen molar-refractivity contribution >= 4 is 157 Å². The molecule has 3 fully saturated rings. The summed E-state index contributed by atoms with van der Waals surface area (Å²) >= 11 is 23.7. The van der Waals surface area contributed by atoms with Crippen molar-refractivity contribution in [3.05, 3.63) is 138 Å². The lowest BCUT2D eigenvalue weighted by Gasteiger charge is -2.30. The van der Waals surface area contributed by atoms with Crippen LogP contribution >= 0.6 is 58.0 Å². The summed E-state index contributed by atoms with van der Waals surface area (Å²) in [6, 6.07) is 22.4.